The Morgan fingerprint density at radius 1 is 1.00 bits per heavy atom. The molecule has 2 aliphatic heterocycles. The number of allylic oxidation sites excluding steroid dienone is 7. The molecule has 35 heavy (non-hydrogen) atoms. The summed E-state index contributed by atoms with van der Waals surface area (Å²) >= 11 is 0. The molecule has 7 heteroatoms. The van der Waals surface area contributed by atoms with Gasteiger partial charge in [-0.1, -0.05) is 55.5 Å². The minimum atomic E-state index is -1.12. The fourth-order valence-corrected chi connectivity index (χ4v) is 5.98. The van der Waals surface area contributed by atoms with Gasteiger partial charge in [0, 0.05) is 19.4 Å². The first-order chi connectivity index (χ1) is 16.9. The van der Waals surface area contributed by atoms with Crippen LogP contribution in [0.1, 0.15) is 45.4 Å². The van der Waals surface area contributed by atoms with Crippen molar-refractivity contribution < 1.29 is 24.6 Å². The lowest BCUT2D eigenvalue weighted by Gasteiger charge is -2.20. The lowest BCUT2D eigenvalue weighted by Crippen LogP contribution is -2.41. The van der Waals surface area contributed by atoms with Crippen molar-refractivity contribution in [3.05, 3.63) is 59.9 Å². The van der Waals surface area contributed by atoms with Crippen molar-refractivity contribution in [1.29, 1.82) is 0 Å². The Labute approximate surface area is 206 Å². The van der Waals surface area contributed by atoms with E-state index in [9.17, 15) is 24.6 Å². The second-order valence-corrected chi connectivity index (χ2v) is 10.2. The normalized spacial score (nSPS) is 36.5. The Balaban J connectivity index is 1.50. The zero-order valence-corrected chi connectivity index (χ0v) is 20.2. The third-order valence-corrected chi connectivity index (χ3v) is 7.90. The van der Waals surface area contributed by atoms with E-state index in [0.717, 1.165) is 12.8 Å². The van der Waals surface area contributed by atoms with Crippen LogP contribution >= 0.6 is 0 Å². The first-order valence-electron chi connectivity index (χ1n) is 12.8. The zero-order valence-electron chi connectivity index (χ0n) is 20.2. The molecule has 4 aliphatic rings. The molecule has 0 saturated heterocycles. The summed E-state index contributed by atoms with van der Waals surface area (Å²) in [6.45, 7) is 2.47. The molecule has 0 radical (unpaired) electrons. The van der Waals surface area contributed by atoms with Crippen LogP contribution in [-0.4, -0.2) is 46.5 Å². The average molecular weight is 481 g/mol. The Morgan fingerprint density at radius 2 is 1.80 bits per heavy atom. The van der Waals surface area contributed by atoms with Gasteiger partial charge in [0.25, 0.3) is 5.91 Å². The third-order valence-electron chi connectivity index (χ3n) is 7.90. The number of hydrogen-bond acceptors (Lipinski definition) is 5. The number of rotatable bonds is 0. The Kier molecular flexibility index (Phi) is 8.06. The Hall–Kier alpha value is -2.93. The SMILES string of the molecule is C[C@H]1C=C[C@@H]2[C@H]3CC=CC=CCC(=O)NCC[C@H](O)[C@H]4NC(=O)C(=C4O)C(=O)CCC=C[C@@H]3C[C@@H]21. The standard InChI is InChI=1S/C28H36N2O5/c1-17-12-13-20-19-9-4-2-3-5-11-24(33)29-15-14-23(32)26-27(34)25(28(35)30-26)22(31)10-7-6-8-18(19)16-21(17)20/h2-6,8,12-13,17-21,23,26,32,34H,7,9-11,14-16H2,1H3,(H,29,33)(H,30,35)/t17-,18+,19-,20+,21+,23-,26+/m0/s1. The first-order valence-corrected chi connectivity index (χ1v) is 12.8. The molecule has 7 atom stereocenters. The molecule has 0 unspecified atom stereocenters. The molecular weight excluding hydrogens is 444 g/mol. The van der Waals surface area contributed by atoms with Gasteiger partial charge in [-0.25, -0.2) is 0 Å². The maximum atomic E-state index is 12.7. The van der Waals surface area contributed by atoms with Gasteiger partial charge in [-0.2, -0.15) is 0 Å². The van der Waals surface area contributed by atoms with Crippen molar-refractivity contribution in [2.75, 3.05) is 6.54 Å². The Morgan fingerprint density at radius 3 is 2.63 bits per heavy atom. The largest absolute Gasteiger partial charge is 0.509 e. The molecule has 1 fully saturated rings. The van der Waals surface area contributed by atoms with Crippen molar-refractivity contribution in [2.45, 2.75) is 57.6 Å². The highest BCUT2D eigenvalue weighted by Crippen LogP contribution is 2.51. The number of ketones is 1. The van der Waals surface area contributed by atoms with Gasteiger partial charge in [0.1, 0.15) is 17.4 Å². The summed E-state index contributed by atoms with van der Waals surface area (Å²) < 4.78 is 0. The lowest BCUT2D eigenvalue weighted by atomic mass is 9.85. The topological polar surface area (TPSA) is 116 Å². The maximum Gasteiger partial charge on any atom is 0.259 e. The number of Topliss-reactive ketones (excluding diaryl/α,β-unsaturated/α-hetero) is 1. The van der Waals surface area contributed by atoms with Crippen LogP contribution in [0.15, 0.2) is 59.9 Å². The number of aliphatic hydroxyl groups is 2. The van der Waals surface area contributed by atoms with Gasteiger partial charge < -0.3 is 20.8 Å². The summed E-state index contributed by atoms with van der Waals surface area (Å²) in [5, 5.41) is 26.1. The third kappa shape index (κ3) is 5.67. The molecule has 2 aliphatic carbocycles. The van der Waals surface area contributed by atoms with Crippen LogP contribution in [0.3, 0.4) is 0 Å². The maximum absolute atomic E-state index is 12.7. The minimum absolute atomic E-state index is 0.118. The molecule has 2 amide bonds. The number of carbonyl (C=O) groups excluding carboxylic acids is 3. The van der Waals surface area contributed by atoms with Gasteiger partial charge in [0.2, 0.25) is 5.91 Å². The predicted octanol–water partition coefficient (Wildman–Crippen LogP) is 3.05. The molecule has 2 bridgehead atoms. The van der Waals surface area contributed by atoms with Gasteiger partial charge in [0.15, 0.2) is 5.78 Å². The summed E-state index contributed by atoms with van der Waals surface area (Å²) in [6.07, 6.45) is 18.7. The molecule has 1 saturated carbocycles. The van der Waals surface area contributed by atoms with Gasteiger partial charge in [-0.3, -0.25) is 14.4 Å². The fraction of sp³-hybridized carbons (Fsp3) is 0.536. The highest BCUT2D eigenvalue weighted by atomic mass is 16.3. The van der Waals surface area contributed by atoms with E-state index in [4.69, 9.17) is 0 Å². The Bertz CT molecular complexity index is 991. The van der Waals surface area contributed by atoms with Crippen molar-refractivity contribution in [3.8, 4) is 0 Å². The van der Waals surface area contributed by atoms with Gasteiger partial charge >= 0.3 is 0 Å². The van der Waals surface area contributed by atoms with Crippen LogP contribution in [0.25, 0.3) is 0 Å². The number of fused-ring (bicyclic) bond motifs is 4. The van der Waals surface area contributed by atoms with Crippen molar-refractivity contribution in [2.24, 2.45) is 29.6 Å². The van der Waals surface area contributed by atoms with E-state index in [2.05, 4.69) is 41.9 Å². The van der Waals surface area contributed by atoms with E-state index >= 15 is 0 Å². The predicted molar refractivity (Wildman–Crippen MR) is 133 cm³/mol. The van der Waals surface area contributed by atoms with Gasteiger partial charge in [-0.05, 0) is 55.3 Å². The summed E-state index contributed by atoms with van der Waals surface area (Å²) in [4.78, 5) is 37.1. The summed E-state index contributed by atoms with van der Waals surface area (Å²) in [5.74, 6) is 1.00. The summed E-state index contributed by atoms with van der Waals surface area (Å²) in [5.41, 5.74) is -0.264. The highest BCUT2D eigenvalue weighted by molar-refractivity contribution is 6.21. The second-order valence-electron chi connectivity index (χ2n) is 10.2. The molecule has 4 rings (SSSR count). The van der Waals surface area contributed by atoms with Gasteiger partial charge in [0.05, 0.1) is 6.10 Å². The molecular formula is C28H36N2O5. The van der Waals surface area contributed by atoms with Gasteiger partial charge in [-0.15, -0.1) is 0 Å². The summed E-state index contributed by atoms with van der Waals surface area (Å²) in [6, 6.07) is -1.04. The molecule has 4 N–H and O–H groups in total. The average Bonchev–Trinajstić information content (AvgIpc) is 3.45. The number of nitrogens with one attached hydrogen (secondary N) is 2. The lowest BCUT2D eigenvalue weighted by molar-refractivity contribution is -0.123. The summed E-state index contributed by atoms with van der Waals surface area (Å²) in [7, 11) is 0. The zero-order chi connectivity index (χ0) is 24.9. The highest BCUT2D eigenvalue weighted by Gasteiger charge is 2.44. The fourth-order valence-electron chi connectivity index (χ4n) is 5.98. The quantitative estimate of drug-likeness (QED) is 0.314. The molecule has 0 spiro atoms. The number of aliphatic hydroxyl groups excluding tert-OH is 2. The van der Waals surface area contributed by atoms with E-state index < -0.39 is 29.6 Å². The number of hydrogen-bond donors (Lipinski definition) is 4. The van der Waals surface area contributed by atoms with E-state index in [1.807, 2.05) is 18.2 Å². The first kappa shape index (κ1) is 25.2. The monoisotopic (exact) mass is 480 g/mol. The molecule has 0 aromatic carbocycles. The number of amides is 2. The van der Waals surface area contributed by atoms with Crippen LogP contribution in [0.5, 0.6) is 0 Å². The van der Waals surface area contributed by atoms with E-state index in [0.29, 0.717) is 36.0 Å². The van der Waals surface area contributed by atoms with Crippen LogP contribution < -0.4 is 10.6 Å². The molecule has 0 aromatic heterocycles. The molecule has 2 heterocycles. The van der Waals surface area contributed by atoms with Crippen LogP contribution in [-0.2, 0) is 14.4 Å². The van der Waals surface area contributed by atoms with Crippen molar-refractivity contribution >= 4 is 17.6 Å². The van der Waals surface area contributed by atoms with Crippen molar-refractivity contribution in [1.82, 2.24) is 10.6 Å². The van der Waals surface area contributed by atoms with Crippen LogP contribution in [0, 0.1) is 29.6 Å². The van der Waals surface area contributed by atoms with E-state index in [1.54, 1.807) is 6.08 Å². The van der Waals surface area contributed by atoms with Crippen molar-refractivity contribution in [3.63, 3.8) is 0 Å². The van der Waals surface area contributed by atoms with Crippen LogP contribution in [0.2, 0.25) is 0 Å². The second kappa shape index (κ2) is 11.2. The minimum Gasteiger partial charge on any atom is -0.509 e. The number of carbonyl (C=O) groups is 3. The smallest absolute Gasteiger partial charge is 0.259 e. The molecule has 7 nitrogen and oxygen atoms in total. The van der Waals surface area contributed by atoms with E-state index in [1.165, 1.54) is 0 Å². The molecule has 188 valence electrons. The molecule has 0 aromatic rings. The van der Waals surface area contributed by atoms with E-state index in [-0.39, 0.29) is 37.3 Å². The van der Waals surface area contributed by atoms with Crippen LogP contribution in [0.4, 0.5) is 0 Å².